The standard InChI is InChI=1S/C15H22N2O2/c1-10(2)17-9-11(5-6-16)12-7-14(18-3)15(19-4)8-13(12)17/h7-10H,5-6,16H2,1-4H3. The first-order valence-electron chi connectivity index (χ1n) is 6.57. The first-order chi connectivity index (χ1) is 9.12. The van der Waals surface area contributed by atoms with Gasteiger partial charge in [0.25, 0.3) is 0 Å². The lowest BCUT2D eigenvalue weighted by molar-refractivity contribution is 0.355. The molecule has 0 fully saturated rings. The molecule has 0 bridgehead atoms. The van der Waals surface area contributed by atoms with Gasteiger partial charge in [-0.25, -0.2) is 0 Å². The van der Waals surface area contributed by atoms with Crippen molar-refractivity contribution in [3.05, 3.63) is 23.9 Å². The molecule has 104 valence electrons. The van der Waals surface area contributed by atoms with Crippen LogP contribution in [0.4, 0.5) is 0 Å². The second-order valence-electron chi connectivity index (χ2n) is 4.92. The molecule has 1 aromatic heterocycles. The second-order valence-corrected chi connectivity index (χ2v) is 4.92. The van der Waals surface area contributed by atoms with Gasteiger partial charge in [-0.2, -0.15) is 0 Å². The Morgan fingerprint density at radius 1 is 1.16 bits per heavy atom. The number of methoxy groups -OCH3 is 2. The summed E-state index contributed by atoms with van der Waals surface area (Å²) in [6, 6.07) is 4.47. The highest BCUT2D eigenvalue weighted by Crippen LogP contribution is 2.35. The molecule has 0 aliphatic carbocycles. The Labute approximate surface area is 114 Å². The summed E-state index contributed by atoms with van der Waals surface area (Å²) in [4.78, 5) is 0. The monoisotopic (exact) mass is 262 g/mol. The van der Waals surface area contributed by atoms with Gasteiger partial charge >= 0.3 is 0 Å². The maximum atomic E-state index is 5.70. The molecule has 1 heterocycles. The van der Waals surface area contributed by atoms with E-state index in [1.807, 2.05) is 12.1 Å². The molecule has 0 atom stereocenters. The van der Waals surface area contributed by atoms with Gasteiger partial charge in [0.15, 0.2) is 11.5 Å². The summed E-state index contributed by atoms with van der Waals surface area (Å²) in [6.07, 6.45) is 3.05. The van der Waals surface area contributed by atoms with Crippen molar-refractivity contribution in [1.82, 2.24) is 4.57 Å². The van der Waals surface area contributed by atoms with Crippen LogP contribution in [0.5, 0.6) is 11.5 Å². The van der Waals surface area contributed by atoms with E-state index < -0.39 is 0 Å². The maximum Gasteiger partial charge on any atom is 0.162 e. The van der Waals surface area contributed by atoms with Crippen molar-refractivity contribution in [2.45, 2.75) is 26.3 Å². The zero-order valence-corrected chi connectivity index (χ0v) is 12.1. The lowest BCUT2D eigenvalue weighted by atomic mass is 10.1. The first-order valence-corrected chi connectivity index (χ1v) is 6.57. The molecule has 0 unspecified atom stereocenters. The van der Waals surface area contributed by atoms with Gasteiger partial charge in [0.1, 0.15) is 0 Å². The summed E-state index contributed by atoms with van der Waals surface area (Å²) < 4.78 is 13.0. The fourth-order valence-electron chi connectivity index (χ4n) is 2.43. The van der Waals surface area contributed by atoms with Crippen LogP contribution in [-0.2, 0) is 6.42 Å². The molecule has 0 aliphatic rings. The van der Waals surface area contributed by atoms with Gasteiger partial charge in [0.05, 0.1) is 19.7 Å². The van der Waals surface area contributed by atoms with Gasteiger partial charge in [-0.1, -0.05) is 0 Å². The molecule has 1 aromatic carbocycles. The van der Waals surface area contributed by atoms with Crippen LogP contribution in [-0.4, -0.2) is 25.3 Å². The minimum absolute atomic E-state index is 0.395. The summed E-state index contributed by atoms with van der Waals surface area (Å²) in [5.74, 6) is 1.52. The van der Waals surface area contributed by atoms with Crippen LogP contribution >= 0.6 is 0 Å². The van der Waals surface area contributed by atoms with Crippen molar-refractivity contribution in [3.8, 4) is 11.5 Å². The Morgan fingerprint density at radius 2 is 1.79 bits per heavy atom. The van der Waals surface area contributed by atoms with E-state index in [1.165, 1.54) is 10.9 Å². The van der Waals surface area contributed by atoms with E-state index >= 15 is 0 Å². The van der Waals surface area contributed by atoms with E-state index in [-0.39, 0.29) is 0 Å². The predicted octanol–water partition coefficient (Wildman–Crippen LogP) is 2.74. The SMILES string of the molecule is COc1cc2c(CCN)cn(C(C)C)c2cc1OC. The fraction of sp³-hybridized carbons (Fsp3) is 0.467. The summed E-state index contributed by atoms with van der Waals surface area (Å²) in [5, 5.41) is 1.19. The zero-order valence-electron chi connectivity index (χ0n) is 12.1. The van der Waals surface area contributed by atoms with Gasteiger partial charge in [-0.3, -0.25) is 0 Å². The molecule has 2 aromatic rings. The van der Waals surface area contributed by atoms with Crippen LogP contribution in [0.3, 0.4) is 0 Å². The van der Waals surface area contributed by atoms with Crippen molar-refractivity contribution >= 4 is 10.9 Å². The smallest absolute Gasteiger partial charge is 0.162 e. The minimum atomic E-state index is 0.395. The third kappa shape index (κ3) is 2.40. The van der Waals surface area contributed by atoms with Crippen molar-refractivity contribution in [2.24, 2.45) is 5.73 Å². The summed E-state index contributed by atoms with van der Waals surface area (Å²) in [7, 11) is 3.32. The summed E-state index contributed by atoms with van der Waals surface area (Å²) in [5.41, 5.74) is 8.12. The number of rotatable bonds is 5. The molecular formula is C15H22N2O2. The highest BCUT2D eigenvalue weighted by Gasteiger charge is 2.14. The largest absolute Gasteiger partial charge is 0.493 e. The molecule has 4 heteroatoms. The molecule has 4 nitrogen and oxygen atoms in total. The minimum Gasteiger partial charge on any atom is -0.493 e. The molecule has 0 aliphatic heterocycles. The Hall–Kier alpha value is -1.68. The average Bonchev–Trinajstić information content (AvgIpc) is 2.76. The van der Waals surface area contributed by atoms with E-state index in [4.69, 9.17) is 15.2 Å². The lowest BCUT2D eigenvalue weighted by Gasteiger charge is -2.12. The molecule has 0 spiro atoms. The molecular weight excluding hydrogens is 240 g/mol. The van der Waals surface area contributed by atoms with E-state index in [1.54, 1.807) is 14.2 Å². The van der Waals surface area contributed by atoms with E-state index in [0.29, 0.717) is 12.6 Å². The number of nitrogens with zero attached hydrogens (tertiary/aromatic N) is 1. The second kappa shape index (κ2) is 5.53. The van der Waals surface area contributed by atoms with Gasteiger partial charge in [-0.05, 0) is 38.4 Å². The molecule has 0 saturated heterocycles. The van der Waals surface area contributed by atoms with Crippen molar-refractivity contribution < 1.29 is 9.47 Å². The number of ether oxygens (including phenoxy) is 2. The molecule has 2 rings (SSSR count). The molecule has 0 saturated carbocycles. The fourth-order valence-corrected chi connectivity index (χ4v) is 2.43. The number of aromatic nitrogens is 1. The number of hydrogen-bond acceptors (Lipinski definition) is 3. The van der Waals surface area contributed by atoms with Crippen molar-refractivity contribution in [1.29, 1.82) is 0 Å². The highest BCUT2D eigenvalue weighted by atomic mass is 16.5. The van der Waals surface area contributed by atoms with Crippen LogP contribution in [0.2, 0.25) is 0 Å². The maximum absolute atomic E-state index is 5.70. The van der Waals surface area contributed by atoms with Gasteiger partial charge in [0.2, 0.25) is 0 Å². The van der Waals surface area contributed by atoms with E-state index in [9.17, 15) is 0 Å². The van der Waals surface area contributed by atoms with Crippen LogP contribution in [0.15, 0.2) is 18.3 Å². The van der Waals surface area contributed by atoms with Crippen LogP contribution in [0, 0.1) is 0 Å². The normalized spacial score (nSPS) is 11.3. The topological polar surface area (TPSA) is 49.4 Å². The van der Waals surface area contributed by atoms with Crippen molar-refractivity contribution in [3.63, 3.8) is 0 Å². The van der Waals surface area contributed by atoms with Gasteiger partial charge in [-0.15, -0.1) is 0 Å². The Balaban J connectivity index is 2.71. The summed E-state index contributed by atoms with van der Waals surface area (Å²) >= 11 is 0. The third-order valence-electron chi connectivity index (χ3n) is 3.39. The van der Waals surface area contributed by atoms with Crippen LogP contribution in [0.25, 0.3) is 10.9 Å². The summed E-state index contributed by atoms with van der Waals surface area (Å²) in [6.45, 7) is 4.98. The van der Waals surface area contributed by atoms with Crippen LogP contribution in [0.1, 0.15) is 25.5 Å². The van der Waals surface area contributed by atoms with Crippen molar-refractivity contribution in [2.75, 3.05) is 20.8 Å². The number of nitrogens with two attached hydrogens (primary N) is 1. The Morgan fingerprint density at radius 3 is 2.32 bits per heavy atom. The zero-order chi connectivity index (χ0) is 14.0. The number of hydrogen-bond donors (Lipinski definition) is 1. The Bertz CT molecular complexity index is 573. The molecule has 0 radical (unpaired) electrons. The average molecular weight is 262 g/mol. The number of fused-ring (bicyclic) bond motifs is 1. The van der Waals surface area contributed by atoms with Gasteiger partial charge < -0.3 is 19.8 Å². The van der Waals surface area contributed by atoms with Gasteiger partial charge in [0, 0.05) is 23.7 Å². The molecule has 2 N–H and O–H groups in total. The lowest BCUT2D eigenvalue weighted by Crippen LogP contribution is -2.02. The van der Waals surface area contributed by atoms with E-state index in [0.717, 1.165) is 23.4 Å². The number of benzene rings is 1. The predicted molar refractivity (Wildman–Crippen MR) is 78.2 cm³/mol. The quantitative estimate of drug-likeness (QED) is 0.901. The molecule has 19 heavy (non-hydrogen) atoms. The van der Waals surface area contributed by atoms with E-state index in [2.05, 4.69) is 24.6 Å². The Kier molecular flexibility index (Phi) is 4.00. The van der Waals surface area contributed by atoms with Crippen LogP contribution < -0.4 is 15.2 Å². The molecule has 0 amide bonds. The first kappa shape index (κ1) is 13.7. The highest BCUT2D eigenvalue weighted by molar-refractivity contribution is 5.87. The third-order valence-corrected chi connectivity index (χ3v) is 3.39.